The van der Waals surface area contributed by atoms with Crippen LogP contribution in [0.3, 0.4) is 0 Å². The molecule has 0 saturated carbocycles. The molecule has 28 heavy (non-hydrogen) atoms. The molecule has 1 fully saturated rings. The fourth-order valence-corrected chi connectivity index (χ4v) is 4.53. The maximum atomic E-state index is 12.5. The van der Waals surface area contributed by atoms with Crippen LogP contribution in [-0.2, 0) is 27.9 Å². The third-order valence-electron chi connectivity index (χ3n) is 4.97. The van der Waals surface area contributed by atoms with E-state index in [0.29, 0.717) is 13.0 Å². The van der Waals surface area contributed by atoms with Gasteiger partial charge in [-0.15, -0.1) is 0 Å². The first kappa shape index (κ1) is 23.2. The maximum absolute atomic E-state index is 12.5. The summed E-state index contributed by atoms with van der Waals surface area (Å²) in [4.78, 5) is 15.0. The first-order chi connectivity index (χ1) is 13.4. The largest absolute Gasteiger partial charge is 0.351 e. The van der Waals surface area contributed by atoms with E-state index in [-0.39, 0.29) is 11.7 Å². The predicted molar refractivity (Wildman–Crippen MR) is 117 cm³/mol. The van der Waals surface area contributed by atoms with Gasteiger partial charge in [0.25, 0.3) is 0 Å². The number of nitrogens with one attached hydrogen (secondary N) is 2. The summed E-state index contributed by atoms with van der Waals surface area (Å²) in [5.41, 5.74) is 2.29. The number of piperidine rings is 1. The van der Waals surface area contributed by atoms with Gasteiger partial charge in [0.2, 0.25) is 15.9 Å². The second-order valence-electron chi connectivity index (χ2n) is 7.23. The Balaban J connectivity index is 1.86. The molecule has 1 unspecified atom stereocenters. The molecule has 1 aromatic rings. The van der Waals surface area contributed by atoms with Crippen molar-refractivity contribution in [1.82, 2.24) is 14.9 Å². The zero-order chi connectivity index (χ0) is 20.4. The molecule has 1 saturated heterocycles. The molecule has 0 bridgehead atoms. The number of carbonyl (C=O) groups is 1. The van der Waals surface area contributed by atoms with Crippen LogP contribution in [0, 0.1) is 0 Å². The van der Waals surface area contributed by atoms with Crippen LogP contribution in [0.2, 0.25) is 0 Å². The smallest absolute Gasteiger partial charge is 0.238 e. The Kier molecular flexibility index (Phi) is 9.77. The Morgan fingerprint density at radius 2 is 1.79 bits per heavy atom. The van der Waals surface area contributed by atoms with Crippen molar-refractivity contribution < 1.29 is 13.2 Å². The van der Waals surface area contributed by atoms with Crippen LogP contribution in [0.1, 0.15) is 43.7 Å². The van der Waals surface area contributed by atoms with Gasteiger partial charge in [0.05, 0.1) is 5.75 Å². The van der Waals surface area contributed by atoms with Gasteiger partial charge >= 0.3 is 0 Å². The number of nitrogens with zero attached hydrogens (tertiary/aromatic N) is 1. The Morgan fingerprint density at radius 1 is 1.14 bits per heavy atom. The highest BCUT2D eigenvalue weighted by atomic mass is 32.2. The second kappa shape index (κ2) is 11.8. The molecule has 1 amide bonds. The summed E-state index contributed by atoms with van der Waals surface area (Å²) >= 11 is 1.59. The quantitative estimate of drug-likeness (QED) is 0.567. The minimum atomic E-state index is -3.42. The van der Waals surface area contributed by atoms with Crippen molar-refractivity contribution in [1.29, 1.82) is 0 Å². The van der Waals surface area contributed by atoms with Gasteiger partial charge in [-0.2, -0.15) is 11.8 Å². The zero-order valence-electron chi connectivity index (χ0n) is 16.9. The van der Waals surface area contributed by atoms with Crippen molar-refractivity contribution in [2.24, 2.45) is 0 Å². The molecule has 0 aromatic heterocycles. The van der Waals surface area contributed by atoms with Crippen LogP contribution in [0.15, 0.2) is 24.3 Å². The van der Waals surface area contributed by atoms with E-state index in [0.717, 1.165) is 17.9 Å². The zero-order valence-corrected chi connectivity index (χ0v) is 18.6. The van der Waals surface area contributed by atoms with Crippen LogP contribution >= 0.6 is 11.8 Å². The van der Waals surface area contributed by atoms with Crippen molar-refractivity contribution in [3.05, 3.63) is 35.4 Å². The van der Waals surface area contributed by atoms with E-state index in [1.54, 1.807) is 18.7 Å². The van der Waals surface area contributed by atoms with Crippen molar-refractivity contribution in [2.75, 3.05) is 30.9 Å². The minimum absolute atomic E-state index is 0.0332. The van der Waals surface area contributed by atoms with E-state index in [2.05, 4.69) is 27.1 Å². The molecule has 0 aliphatic carbocycles. The molecule has 6 nitrogen and oxygen atoms in total. The summed E-state index contributed by atoms with van der Waals surface area (Å²) in [7, 11) is -3.42. The summed E-state index contributed by atoms with van der Waals surface area (Å²) < 4.78 is 26.2. The molecule has 0 spiro atoms. The van der Waals surface area contributed by atoms with Gasteiger partial charge in [-0.25, -0.2) is 13.1 Å². The van der Waals surface area contributed by atoms with E-state index in [4.69, 9.17) is 0 Å². The highest BCUT2D eigenvalue weighted by Crippen LogP contribution is 2.13. The average Bonchev–Trinajstić information content (AvgIpc) is 2.71. The fourth-order valence-electron chi connectivity index (χ4n) is 3.23. The van der Waals surface area contributed by atoms with Gasteiger partial charge in [0, 0.05) is 13.1 Å². The van der Waals surface area contributed by atoms with Gasteiger partial charge < -0.3 is 5.32 Å². The average molecular weight is 428 g/mol. The first-order valence-electron chi connectivity index (χ1n) is 10.0. The number of thioether (sulfide) groups is 1. The molecular weight excluding hydrogens is 394 g/mol. The van der Waals surface area contributed by atoms with E-state index in [1.165, 1.54) is 37.9 Å². The van der Waals surface area contributed by atoms with Gasteiger partial charge in [-0.3, -0.25) is 9.69 Å². The minimum Gasteiger partial charge on any atom is -0.351 e. The first-order valence-corrected chi connectivity index (χ1v) is 13.0. The lowest BCUT2D eigenvalue weighted by Crippen LogP contribution is -2.47. The van der Waals surface area contributed by atoms with Gasteiger partial charge in [-0.1, -0.05) is 30.7 Å². The summed E-state index contributed by atoms with van der Waals surface area (Å²) in [6, 6.07) is 7.57. The summed E-state index contributed by atoms with van der Waals surface area (Å²) in [5.74, 6) is 0.410. The molecule has 2 N–H and O–H groups in total. The predicted octanol–water partition coefficient (Wildman–Crippen LogP) is 2.35. The number of hydrogen-bond acceptors (Lipinski definition) is 5. The molecular formula is C20H33N3O3S2. The van der Waals surface area contributed by atoms with Crippen LogP contribution in [-0.4, -0.2) is 56.1 Å². The Bertz CT molecular complexity index is 702. The summed E-state index contributed by atoms with van der Waals surface area (Å²) in [5, 5.41) is 2.87. The van der Waals surface area contributed by atoms with E-state index in [1.807, 2.05) is 18.4 Å². The summed E-state index contributed by atoms with van der Waals surface area (Å²) in [6.07, 6.45) is 6.31. The van der Waals surface area contributed by atoms with Crippen molar-refractivity contribution in [3.63, 3.8) is 0 Å². The normalized spacial score (nSPS) is 16.6. The number of carbonyl (C=O) groups excluding carboxylic acids is 1. The number of rotatable bonds is 11. The van der Waals surface area contributed by atoms with Crippen molar-refractivity contribution in [3.8, 4) is 0 Å². The Morgan fingerprint density at radius 3 is 2.39 bits per heavy atom. The third kappa shape index (κ3) is 8.11. The Hall–Kier alpha value is -1.09. The van der Waals surface area contributed by atoms with Crippen molar-refractivity contribution in [2.45, 2.75) is 51.7 Å². The molecule has 8 heteroatoms. The second-order valence-corrected chi connectivity index (χ2v) is 10.3. The number of amides is 1. The maximum Gasteiger partial charge on any atom is 0.238 e. The summed E-state index contributed by atoms with van der Waals surface area (Å²) in [6.45, 7) is 5.28. The lowest BCUT2D eigenvalue weighted by Gasteiger charge is -2.26. The lowest BCUT2D eigenvalue weighted by molar-refractivity contribution is -0.122. The van der Waals surface area contributed by atoms with Crippen LogP contribution in [0.5, 0.6) is 0 Å². The van der Waals surface area contributed by atoms with Gasteiger partial charge in [0.1, 0.15) is 6.04 Å². The topological polar surface area (TPSA) is 78.5 Å². The number of sulfonamides is 1. The van der Waals surface area contributed by atoms with E-state index in [9.17, 15) is 13.2 Å². The highest BCUT2D eigenvalue weighted by Gasteiger charge is 2.22. The molecule has 1 aliphatic rings. The van der Waals surface area contributed by atoms with Crippen LogP contribution in [0.25, 0.3) is 0 Å². The third-order valence-corrected chi connectivity index (χ3v) is 7.02. The number of benzene rings is 1. The van der Waals surface area contributed by atoms with Gasteiger partial charge in [0.15, 0.2) is 0 Å². The molecule has 1 atom stereocenters. The van der Waals surface area contributed by atoms with Gasteiger partial charge in [-0.05, 0) is 62.4 Å². The Labute approximate surface area is 173 Å². The highest BCUT2D eigenvalue weighted by molar-refractivity contribution is 7.98. The van der Waals surface area contributed by atoms with Crippen LogP contribution < -0.4 is 10.0 Å². The molecule has 2 rings (SSSR count). The molecule has 1 aliphatic heterocycles. The number of hydrogen-bond donors (Lipinski definition) is 2. The molecule has 1 aromatic carbocycles. The number of likely N-dealkylation sites (tertiary alicyclic amines) is 1. The fraction of sp³-hybridized carbons (Fsp3) is 0.650. The van der Waals surface area contributed by atoms with Crippen LogP contribution in [0.4, 0.5) is 0 Å². The lowest BCUT2D eigenvalue weighted by atomic mass is 10.1. The monoisotopic (exact) mass is 427 g/mol. The standard InChI is InChI=1S/C20H33N3O3S2/c1-3-28(25,26)22-19(11-14-27-2)20(24)21-15-17-7-9-18(10-8-17)16-23-12-5-4-6-13-23/h7-10,19,22H,3-6,11-16H2,1-2H3,(H,21,24). The van der Waals surface area contributed by atoms with E-state index < -0.39 is 16.1 Å². The molecule has 0 radical (unpaired) electrons. The SMILES string of the molecule is CCS(=O)(=O)NC(CCSC)C(=O)NCc1ccc(CN2CCCCC2)cc1. The van der Waals surface area contributed by atoms with Crippen molar-refractivity contribution >= 4 is 27.7 Å². The van der Waals surface area contributed by atoms with E-state index >= 15 is 0 Å². The molecule has 1 heterocycles. The molecule has 158 valence electrons.